The van der Waals surface area contributed by atoms with Crippen LogP contribution in [-0.4, -0.2) is 21.3 Å². The molecule has 0 aliphatic rings. The zero-order chi connectivity index (χ0) is 14.2. The first-order valence-corrected chi connectivity index (χ1v) is 6.30. The molecule has 0 spiro atoms. The molecule has 2 aromatic rings. The molecule has 2 rings (SSSR count). The third kappa shape index (κ3) is 2.61. The van der Waals surface area contributed by atoms with Gasteiger partial charge in [-0.3, -0.25) is 0 Å². The lowest BCUT2D eigenvalue weighted by atomic mass is 10.0. The van der Waals surface area contributed by atoms with Gasteiger partial charge < -0.3 is 15.4 Å². The molecule has 0 amide bonds. The summed E-state index contributed by atoms with van der Waals surface area (Å²) in [5, 5.41) is 13.7. The summed E-state index contributed by atoms with van der Waals surface area (Å²) in [6, 6.07) is 3.64. The summed E-state index contributed by atoms with van der Waals surface area (Å²) in [6.45, 7) is 7.55. The quantitative estimate of drug-likeness (QED) is 0.886. The lowest BCUT2D eigenvalue weighted by molar-refractivity contribution is 0.346. The molecule has 5 heteroatoms. The Morgan fingerprint density at radius 1 is 1.21 bits per heavy atom. The average Bonchev–Trinajstić information content (AvgIpc) is 2.83. The standard InChI is InChI=1S/C14H19N3O2/c1-7-5-11(6-8(2)12(7)18)13-16-14(19-17-13)9(3)10(4)15/h5-6,9-10,18H,15H2,1-4H3. The van der Waals surface area contributed by atoms with Crippen molar-refractivity contribution in [2.75, 3.05) is 0 Å². The molecule has 1 aromatic heterocycles. The highest BCUT2D eigenvalue weighted by Crippen LogP contribution is 2.28. The lowest BCUT2D eigenvalue weighted by Crippen LogP contribution is -2.22. The monoisotopic (exact) mass is 261 g/mol. The number of rotatable bonds is 3. The third-order valence-electron chi connectivity index (χ3n) is 3.37. The SMILES string of the molecule is Cc1cc(-c2noc(C(C)C(C)N)n2)cc(C)c1O. The van der Waals surface area contributed by atoms with Gasteiger partial charge in [0.2, 0.25) is 11.7 Å². The fourth-order valence-corrected chi connectivity index (χ4v) is 1.85. The maximum Gasteiger partial charge on any atom is 0.231 e. The van der Waals surface area contributed by atoms with Crippen molar-refractivity contribution >= 4 is 0 Å². The van der Waals surface area contributed by atoms with Gasteiger partial charge in [0.25, 0.3) is 0 Å². The van der Waals surface area contributed by atoms with Crippen LogP contribution in [0.1, 0.15) is 36.8 Å². The van der Waals surface area contributed by atoms with Gasteiger partial charge in [0.15, 0.2) is 0 Å². The van der Waals surface area contributed by atoms with Crippen LogP contribution in [0.15, 0.2) is 16.7 Å². The molecule has 0 fully saturated rings. The second-order valence-electron chi connectivity index (χ2n) is 5.06. The van der Waals surface area contributed by atoms with E-state index in [2.05, 4.69) is 10.1 Å². The Balaban J connectivity index is 2.38. The molecule has 1 heterocycles. The van der Waals surface area contributed by atoms with Crippen LogP contribution in [0, 0.1) is 13.8 Å². The van der Waals surface area contributed by atoms with Crippen molar-refractivity contribution in [1.82, 2.24) is 10.1 Å². The molecule has 0 radical (unpaired) electrons. The second-order valence-corrected chi connectivity index (χ2v) is 5.06. The number of hydrogen-bond donors (Lipinski definition) is 2. The maximum absolute atomic E-state index is 9.76. The number of aromatic nitrogens is 2. The van der Waals surface area contributed by atoms with E-state index in [4.69, 9.17) is 10.3 Å². The van der Waals surface area contributed by atoms with E-state index < -0.39 is 0 Å². The van der Waals surface area contributed by atoms with Gasteiger partial charge in [-0.1, -0.05) is 12.1 Å². The molecule has 2 unspecified atom stereocenters. The van der Waals surface area contributed by atoms with E-state index in [0.29, 0.717) is 17.5 Å². The summed E-state index contributed by atoms with van der Waals surface area (Å²) in [6.07, 6.45) is 0. The van der Waals surface area contributed by atoms with E-state index in [1.165, 1.54) is 0 Å². The van der Waals surface area contributed by atoms with Crippen LogP contribution in [0.25, 0.3) is 11.4 Å². The van der Waals surface area contributed by atoms with Crippen molar-refractivity contribution in [3.63, 3.8) is 0 Å². The van der Waals surface area contributed by atoms with E-state index in [0.717, 1.165) is 16.7 Å². The van der Waals surface area contributed by atoms with Gasteiger partial charge in [-0.15, -0.1) is 0 Å². The van der Waals surface area contributed by atoms with Crippen LogP contribution in [0.4, 0.5) is 0 Å². The van der Waals surface area contributed by atoms with E-state index in [1.807, 2.05) is 39.8 Å². The summed E-state index contributed by atoms with van der Waals surface area (Å²) in [5.74, 6) is 1.37. The van der Waals surface area contributed by atoms with E-state index in [1.54, 1.807) is 0 Å². The number of nitrogens with zero attached hydrogens (tertiary/aromatic N) is 2. The number of phenolic OH excluding ortho intramolecular Hbond substituents is 1. The predicted molar refractivity (Wildman–Crippen MR) is 72.9 cm³/mol. The van der Waals surface area contributed by atoms with Crippen LogP contribution in [0.2, 0.25) is 0 Å². The molecule has 102 valence electrons. The lowest BCUT2D eigenvalue weighted by Gasteiger charge is -2.09. The Hall–Kier alpha value is -1.88. The summed E-state index contributed by atoms with van der Waals surface area (Å²) in [5.41, 5.74) is 8.24. The number of aryl methyl sites for hydroxylation is 2. The minimum absolute atomic E-state index is 0.0144. The van der Waals surface area contributed by atoms with Crippen LogP contribution >= 0.6 is 0 Å². The molecule has 2 atom stereocenters. The van der Waals surface area contributed by atoms with Crippen molar-refractivity contribution in [3.8, 4) is 17.1 Å². The van der Waals surface area contributed by atoms with Crippen LogP contribution in [-0.2, 0) is 0 Å². The van der Waals surface area contributed by atoms with Gasteiger partial charge in [0, 0.05) is 11.6 Å². The van der Waals surface area contributed by atoms with Gasteiger partial charge in [0.05, 0.1) is 5.92 Å². The molecule has 0 aliphatic carbocycles. The van der Waals surface area contributed by atoms with Gasteiger partial charge in [0.1, 0.15) is 5.75 Å². The first-order valence-electron chi connectivity index (χ1n) is 6.30. The van der Waals surface area contributed by atoms with Crippen molar-refractivity contribution in [2.45, 2.75) is 39.7 Å². The molecule has 19 heavy (non-hydrogen) atoms. The number of phenols is 1. The topological polar surface area (TPSA) is 85.2 Å². The minimum Gasteiger partial charge on any atom is -0.507 e. The molecule has 0 bridgehead atoms. The first kappa shape index (κ1) is 13.5. The average molecular weight is 261 g/mol. The molecule has 5 nitrogen and oxygen atoms in total. The molecule has 0 saturated carbocycles. The van der Waals surface area contributed by atoms with Crippen LogP contribution in [0.5, 0.6) is 5.75 Å². The summed E-state index contributed by atoms with van der Waals surface area (Å²) in [7, 11) is 0. The fourth-order valence-electron chi connectivity index (χ4n) is 1.85. The second kappa shape index (κ2) is 5.01. The van der Waals surface area contributed by atoms with E-state index in [9.17, 15) is 5.11 Å². The third-order valence-corrected chi connectivity index (χ3v) is 3.37. The predicted octanol–water partition coefficient (Wildman–Crippen LogP) is 2.51. The summed E-state index contributed by atoms with van der Waals surface area (Å²) in [4.78, 5) is 4.37. The fraction of sp³-hybridized carbons (Fsp3) is 0.429. The zero-order valence-electron chi connectivity index (χ0n) is 11.6. The van der Waals surface area contributed by atoms with Gasteiger partial charge in [-0.25, -0.2) is 0 Å². The van der Waals surface area contributed by atoms with E-state index in [-0.39, 0.29) is 12.0 Å². The highest BCUT2D eigenvalue weighted by atomic mass is 16.5. The Morgan fingerprint density at radius 2 is 1.79 bits per heavy atom. The van der Waals surface area contributed by atoms with Crippen LogP contribution in [0.3, 0.4) is 0 Å². The maximum atomic E-state index is 9.76. The molecule has 0 saturated heterocycles. The zero-order valence-corrected chi connectivity index (χ0v) is 11.6. The molecular weight excluding hydrogens is 242 g/mol. The Labute approximate surface area is 112 Å². The van der Waals surface area contributed by atoms with Crippen molar-refractivity contribution in [1.29, 1.82) is 0 Å². The van der Waals surface area contributed by atoms with Crippen molar-refractivity contribution < 1.29 is 9.63 Å². The molecule has 0 aliphatic heterocycles. The number of benzene rings is 1. The van der Waals surface area contributed by atoms with Gasteiger partial charge in [-0.2, -0.15) is 4.98 Å². The number of nitrogens with two attached hydrogens (primary N) is 1. The smallest absolute Gasteiger partial charge is 0.231 e. The highest BCUT2D eigenvalue weighted by Gasteiger charge is 2.19. The molecule has 1 aromatic carbocycles. The number of aromatic hydroxyl groups is 1. The molecule has 3 N–H and O–H groups in total. The van der Waals surface area contributed by atoms with Gasteiger partial charge >= 0.3 is 0 Å². The van der Waals surface area contributed by atoms with Crippen molar-refractivity contribution in [3.05, 3.63) is 29.2 Å². The summed E-state index contributed by atoms with van der Waals surface area (Å²) < 4.78 is 5.25. The Morgan fingerprint density at radius 3 is 2.32 bits per heavy atom. The summed E-state index contributed by atoms with van der Waals surface area (Å²) >= 11 is 0. The van der Waals surface area contributed by atoms with E-state index >= 15 is 0 Å². The first-order chi connectivity index (χ1) is 8.90. The Bertz CT molecular complexity index is 567. The largest absolute Gasteiger partial charge is 0.507 e. The van der Waals surface area contributed by atoms with Crippen LogP contribution < -0.4 is 5.73 Å². The molecular formula is C14H19N3O2. The van der Waals surface area contributed by atoms with Gasteiger partial charge in [-0.05, 0) is 44.0 Å². The normalized spacial score (nSPS) is 14.4. The minimum atomic E-state index is -0.0448. The Kier molecular flexibility index (Phi) is 3.57. The number of hydrogen-bond acceptors (Lipinski definition) is 5. The van der Waals surface area contributed by atoms with Crippen molar-refractivity contribution in [2.24, 2.45) is 5.73 Å². The highest BCUT2D eigenvalue weighted by molar-refractivity contribution is 5.60.